The Bertz CT molecular complexity index is 831. The Morgan fingerprint density at radius 1 is 0.963 bits per heavy atom. The van der Waals surface area contributed by atoms with Crippen molar-refractivity contribution >= 4 is 17.3 Å². The van der Waals surface area contributed by atoms with Crippen LogP contribution in [0.3, 0.4) is 0 Å². The molecule has 9 heteroatoms. The van der Waals surface area contributed by atoms with E-state index < -0.39 is 27.1 Å². The first kappa shape index (κ1) is 18.5. The molecule has 1 saturated heterocycles. The number of carbonyl (C=O) groups is 1. The van der Waals surface area contributed by atoms with Gasteiger partial charge in [-0.1, -0.05) is 30.3 Å². The Morgan fingerprint density at radius 2 is 1.52 bits per heavy atom. The molecule has 0 radical (unpaired) electrons. The average Bonchev–Trinajstić information content (AvgIpc) is 2.68. The third-order valence-corrected chi connectivity index (χ3v) is 4.63. The maximum Gasteiger partial charge on any atom is 0.277 e. The highest BCUT2D eigenvalue weighted by molar-refractivity contribution is 5.95. The number of non-ortho nitro benzene ring substituents is 2. The normalized spacial score (nSPS) is 14.7. The Morgan fingerprint density at radius 3 is 2.04 bits per heavy atom. The van der Waals surface area contributed by atoms with Gasteiger partial charge in [-0.15, -0.1) is 0 Å². The molecule has 1 aliphatic heterocycles. The molecule has 9 nitrogen and oxygen atoms in total. The fraction of sp³-hybridized carbons (Fsp3) is 0.278. The minimum absolute atomic E-state index is 0.0255. The van der Waals surface area contributed by atoms with E-state index in [1.54, 1.807) is 4.90 Å². The van der Waals surface area contributed by atoms with E-state index >= 15 is 0 Å². The van der Waals surface area contributed by atoms with Crippen molar-refractivity contribution in [3.63, 3.8) is 0 Å². The molecule has 0 spiro atoms. The Labute approximate surface area is 155 Å². The quantitative estimate of drug-likeness (QED) is 0.624. The number of hydrogen-bond acceptors (Lipinski definition) is 5. The number of amides is 1. The minimum Gasteiger partial charge on any atom is -0.328 e. The van der Waals surface area contributed by atoms with Crippen LogP contribution in [0.25, 0.3) is 0 Å². The molecule has 0 aromatic heterocycles. The molecule has 1 fully saturated rings. The van der Waals surface area contributed by atoms with Crippen molar-refractivity contribution in [2.45, 2.75) is 6.54 Å². The second-order valence-corrected chi connectivity index (χ2v) is 6.46. The molecule has 0 aliphatic carbocycles. The van der Waals surface area contributed by atoms with Crippen LogP contribution in [0.4, 0.5) is 11.4 Å². The molecule has 0 saturated carbocycles. The van der Waals surface area contributed by atoms with Crippen molar-refractivity contribution in [3.05, 3.63) is 79.9 Å². The number of nitro benzene ring substituents is 2. The summed E-state index contributed by atoms with van der Waals surface area (Å²) < 4.78 is 0. The largest absolute Gasteiger partial charge is 0.328 e. The van der Waals surface area contributed by atoms with Gasteiger partial charge in [0.05, 0.1) is 47.7 Å². The van der Waals surface area contributed by atoms with Crippen LogP contribution in [0.15, 0.2) is 48.5 Å². The number of nitro groups is 2. The van der Waals surface area contributed by atoms with Crippen molar-refractivity contribution in [1.82, 2.24) is 4.90 Å². The van der Waals surface area contributed by atoms with E-state index in [1.165, 1.54) is 10.5 Å². The fourth-order valence-corrected chi connectivity index (χ4v) is 3.20. The number of hydrogen-bond donors (Lipinski definition) is 1. The Balaban J connectivity index is 1.68. The van der Waals surface area contributed by atoms with Crippen LogP contribution in [0.5, 0.6) is 0 Å². The first-order chi connectivity index (χ1) is 12.9. The first-order valence-corrected chi connectivity index (χ1v) is 8.54. The summed E-state index contributed by atoms with van der Waals surface area (Å²) in [6, 6.07) is 13.1. The van der Waals surface area contributed by atoms with Gasteiger partial charge in [-0.25, -0.2) is 0 Å². The van der Waals surface area contributed by atoms with Crippen molar-refractivity contribution < 1.29 is 19.5 Å². The number of benzene rings is 2. The molecule has 3 rings (SSSR count). The van der Waals surface area contributed by atoms with Crippen LogP contribution >= 0.6 is 0 Å². The highest BCUT2D eigenvalue weighted by atomic mass is 16.6. The molecule has 1 aliphatic rings. The predicted octanol–water partition coefficient (Wildman–Crippen LogP) is 1.04. The number of nitrogens with zero attached hydrogens (tertiary/aromatic N) is 3. The van der Waals surface area contributed by atoms with Crippen LogP contribution in [-0.4, -0.2) is 46.8 Å². The number of rotatable bonds is 5. The Hall–Kier alpha value is -3.33. The molecule has 0 unspecified atom stereocenters. The van der Waals surface area contributed by atoms with Gasteiger partial charge in [0.25, 0.3) is 17.3 Å². The van der Waals surface area contributed by atoms with Crippen molar-refractivity contribution in [2.75, 3.05) is 26.2 Å². The molecule has 0 atom stereocenters. The molecular formula is C18H19N4O5+. The summed E-state index contributed by atoms with van der Waals surface area (Å²) in [5, 5.41) is 22.0. The zero-order chi connectivity index (χ0) is 19.4. The van der Waals surface area contributed by atoms with Gasteiger partial charge in [0, 0.05) is 17.7 Å². The van der Waals surface area contributed by atoms with Gasteiger partial charge in [0.1, 0.15) is 6.54 Å². The van der Waals surface area contributed by atoms with E-state index in [-0.39, 0.29) is 5.56 Å². The highest BCUT2D eigenvalue weighted by Gasteiger charge is 2.27. The zero-order valence-corrected chi connectivity index (χ0v) is 14.5. The van der Waals surface area contributed by atoms with Gasteiger partial charge in [-0.3, -0.25) is 25.0 Å². The second kappa shape index (κ2) is 7.92. The van der Waals surface area contributed by atoms with E-state index in [4.69, 9.17) is 0 Å². The number of carbonyl (C=O) groups excluding carboxylic acids is 1. The van der Waals surface area contributed by atoms with Gasteiger partial charge < -0.3 is 9.80 Å². The van der Waals surface area contributed by atoms with Crippen molar-refractivity contribution in [2.24, 2.45) is 0 Å². The summed E-state index contributed by atoms with van der Waals surface area (Å²) >= 11 is 0. The van der Waals surface area contributed by atoms with Gasteiger partial charge in [0.15, 0.2) is 0 Å². The summed E-state index contributed by atoms with van der Waals surface area (Å²) in [6.07, 6.45) is 0. The molecule has 140 valence electrons. The smallest absolute Gasteiger partial charge is 0.277 e. The highest BCUT2D eigenvalue weighted by Crippen LogP contribution is 2.23. The summed E-state index contributed by atoms with van der Waals surface area (Å²) in [7, 11) is 0. The van der Waals surface area contributed by atoms with E-state index in [9.17, 15) is 25.0 Å². The SMILES string of the molecule is O=C(c1cc([N+](=O)[O-])cc([N+](=O)[O-])c1)N1CC[NH+](Cc2ccccc2)CC1. The first-order valence-electron chi connectivity index (χ1n) is 8.54. The predicted molar refractivity (Wildman–Crippen MR) is 96.5 cm³/mol. The lowest BCUT2D eigenvalue weighted by Crippen LogP contribution is -3.13. The molecule has 2 aromatic rings. The molecular weight excluding hydrogens is 352 g/mol. The maximum atomic E-state index is 12.7. The lowest BCUT2D eigenvalue weighted by molar-refractivity contribution is -0.917. The van der Waals surface area contributed by atoms with Gasteiger partial charge in [0.2, 0.25) is 0 Å². The molecule has 1 amide bonds. The molecule has 0 bridgehead atoms. The minimum atomic E-state index is -0.730. The molecule has 27 heavy (non-hydrogen) atoms. The third kappa shape index (κ3) is 4.45. The van der Waals surface area contributed by atoms with Gasteiger partial charge in [-0.05, 0) is 0 Å². The van der Waals surface area contributed by atoms with Crippen LogP contribution in [0.1, 0.15) is 15.9 Å². The average molecular weight is 371 g/mol. The summed E-state index contributed by atoms with van der Waals surface area (Å²) in [5.74, 6) is -0.416. The van der Waals surface area contributed by atoms with E-state index in [2.05, 4.69) is 12.1 Å². The molecule has 1 heterocycles. The van der Waals surface area contributed by atoms with Gasteiger partial charge >= 0.3 is 0 Å². The summed E-state index contributed by atoms with van der Waals surface area (Å²) in [4.78, 5) is 36.2. The van der Waals surface area contributed by atoms with Crippen molar-refractivity contribution in [1.29, 1.82) is 0 Å². The zero-order valence-electron chi connectivity index (χ0n) is 14.5. The van der Waals surface area contributed by atoms with E-state index in [0.29, 0.717) is 13.1 Å². The Kier molecular flexibility index (Phi) is 5.41. The summed E-state index contributed by atoms with van der Waals surface area (Å²) in [5.41, 5.74) is 0.283. The lowest BCUT2D eigenvalue weighted by atomic mass is 10.1. The molecule has 2 aromatic carbocycles. The standard InChI is InChI=1S/C18H18N4O5/c23-18(15-10-16(21(24)25)12-17(11-15)22(26)27)20-8-6-19(7-9-20)13-14-4-2-1-3-5-14/h1-5,10-12H,6-9,13H2/p+1. The topological polar surface area (TPSA) is 111 Å². The number of nitrogens with one attached hydrogen (secondary N) is 1. The summed E-state index contributed by atoms with van der Waals surface area (Å²) in [6.45, 7) is 3.36. The number of quaternary nitrogens is 1. The van der Waals surface area contributed by atoms with E-state index in [0.717, 1.165) is 37.8 Å². The molecule has 1 N–H and O–H groups in total. The number of piperazine rings is 1. The van der Waals surface area contributed by atoms with Crippen molar-refractivity contribution in [3.8, 4) is 0 Å². The van der Waals surface area contributed by atoms with Gasteiger partial charge in [-0.2, -0.15) is 0 Å². The third-order valence-electron chi connectivity index (χ3n) is 4.63. The van der Waals surface area contributed by atoms with Crippen LogP contribution in [-0.2, 0) is 6.54 Å². The van der Waals surface area contributed by atoms with Crippen LogP contribution < -0.4 is 4.90 Å². The lowest BCUT2D eigenvalue weighted by Gasteiger charge is -2.32. The fourth-order valence-electron chi connectivity index (χ4n) is 3.20. The maximum absolute atomic E-state index is 12.7. The van der Waals surface area contributed by atoms with E-state index in [1.807, 2.05) is 18.2 Å². The second-order valence-electron chi connectivity index (χ2n) is 6.46. The van der Waals surface area contributed by atoms with Crippen LogP contribution in [0, 0.1) is 20.2 Å². The van der Waals surface area contributed by atoms with Crippen LogP contribution in [0.2, 0.25) is 0 Å². The monoisotopic (exact) mass is 371 g/mol.